The maximum absolute atomic E-state index is 14.0. The van der Waals surface area contributed by atoms with Gasteiger partial charge in [0.15, 0.2) is 6.29 Å². The molecule has 1 spiro atoms. The van der Waals surface area contributed by atoms with E-state index < -0.39 is 92.1 Å². The van der Waals surface area contributed by atoms with Crippen molar-refractivity contribution < 1.29 is 64.6 Å². The number of carbonyl (C=O) groups is 1. The molecular weight excluding hydrogens is 592 g/mol. The van der Waals surface area contributed by atoms with E-state index in [-0.39, 0.29) is 28.6 Å². The van der Waals surface area contributed by atoms with Crippen molar-refractivity contribution in [2.75, 3.05) is 13.2 Å². The van der Waals surface area contributed by atoms with Crippen LogP contribution < -0.4 is 0 Å². The van der Waals surface area contributed by atoms with Gasteiger partial charge in [0.1, 0.15) is 48.8 Å². The van der Waals surface area contributed by atoms with Crippen LogP contribution in [0.1, 0.15) is 65.2 Å². The number of hydrogen-bond acceptors (Lipinski definition) is 13. The summed E-state index contributed by atoms with van der Waals surface area (Å²) in [6.45, 7) is 7.36. The average molecular weight is 643 g/mol. The maximum atomic E-state index is 14.0. The predicted molar refractivity (Wildman–Crippen MR) is 154 cm³/mol. The molecule has 0 aromatic carbocycles. The van der Waals surface area contributed by atoms with Crippen LogP contribution in [0.15, 0.2) is 12.2 Å². The van der Waals surface area contributed by atoms with Crippen molar-refractivity contribution in [3.8, 4) is 0 Å². The first-order valence-electron chi connectivity index (χ1n) is 16.4. The molecule has 4 aliphatic carbocycles. The minimum Gasteiger partial charge on any atom is -0.432 e. The van der Waals surface area contributed by atoms with E-state index >= 15 is 0 Å². The summed E-state index contributed by atoms with van der Waals surface area (Å²) in [4.78, 5) is 14.0. The van der Waals surface area contributed by atoms with Crippen molar-refractivity contribution >= 4 is 5.97 Å². The number of esters is 1. The minimum atomic E-state index is -1.68. The molecule has 2 aliphatic heterocycles. The molecule has 17 unspecified atom stereocenters. The first-order valence-corrected chi connectivity index (χ1v) is 16.4. The van der Waals surface area contributed by atoms with Gasteiger partial charge in [-0.2, -0.15) is 0 Å². The quantitative estimate of drug-likeness (QED) is 0.130. The molecule has 8 N–H and O–H groups in total. The normalized spacial score (nSPS) is 54.7. The van der Waals surface area contributed by atoms with Crippen LogP contribution in [-0.2, 0) is 23.7 Å². The summed E-state index contributed by atoms with van der Waals surface area (Å²) in [6, 6.07) is 0. The molecule has 13 nitrogen and oxygen atoms in total. The van der Waals surface area contributed by atoms with Gasteiger partial charge >= 0.3 is 5.97 Å². The minimum absolute atomic E-state index is 0.0925. The lowest BCUT2D eigenvalue weighted by atomic mass is 9.40. The Bertz CT molecular complexity index is 1130. The highest BCUT2D eigenvalue weighted by molar-refractivity contribution is 5.77. The van der Waals surface area contributed by atoms with Crippen molar-refractivity contribution in [3.05, 3.63) is 12.2 Å². The van der Waals surface area contributed by atoms with Crippen molar-refractivity contribution in [1.29, 1.82) is 0 Å². The van der Waals surface area contributed by atoms with E-state index in [1.807, 2.05) is 6.92 Å². The van der Waals surface area contributed by atoms with E-state index in [1.165, 1.54) is 0 Å². The van der Waals surface area contributed by atoms with Gasteiger partial charge in [-0.25, -0.2) is 0 Å². The fourth-order valence-electron chi connectivity index (χ4n) is 10.5. The molecule has 4 saturated carbocycles. The van der Waals surface area contributed by atoms with Gasteiger partial charge in [0.25, 0.3) is 0 Å². The smallest absolute Gasteiger partial charge is 0.314 e. The summed E-state index contributed by atoms with van der Waals surface area (Å²) >= 11 is 0. The summed E-state index contributed by atoms with van der Waals surface area (Å²) in [5.41, 5.74) is -0.694. The van der Waals surface area contributed by atoms with Gasteiger partial charge in [0.05, 0.1) is 24.7 Å². The zero-order valence-electron chi connectivity index (χ0n) is 26.0. The second-order valence-electron chi connectivity index (χ2n) is 15.0. The predicted octanol–water partition coefficient (Wildman–Crippen LogP) is -0.906. The zero-order valence-corrected chi connectivity index (χ0v) is 26.0. The highest BCUT2D eigenvalue weighted by Crippen LogP contribution is 2.73. The molecule has 6 fully saturated rings. The fraction of sp³-hybridized carbons (Fsp3) is 0.906. The van der Waals surface area contributed by atoms with Crippen molar-refractivity contribution in [2.45, 2.75) is 133 Å². The fourth-order valence-corrected chi connectivity index (χ4v) is 10.5. The number of aliphatic hydroxyl groups excluding tert-OH is 8. The van der Waals surface area contributed by atoms with E-state index in [4.69, 9.17) is 18.9 Å². The van der Waals surface area contributed by atoms with Crippen LogP contribution in [0.3, 0.4) is 0 Å². The number of hydrogen-bond donors (Lipinski definition) is 8. The molecule has 6 aliphatic rings. The SMILES string of the molecule is C=C1C2CCC3C4(C)CCCC(C)(C(=O)OC5OC(CO)C(O)C(O)C5O)C4CCC3(C2)C1OC1OC(CO)C(O)C(O)C1O. The first-order chi connectivity index (χ1) is 21.2. The summed E-state index contributed by atoms with van der Waals surface area (Å²) in [5.74, 6) is -0.321. The Morgan fingerprint density at radius 2 is 1.40 bits per heavy atom. The highest BCUT2D eigenvalue weighted by Gasteiger charge is 2.69. The van der Waals surface area contributed by atoms with Gasteiger partial charge in [-0.15, -0.1) is 0 Å². The standard InChI is InChI=1S/C32H50O13/c1-14-15-5-6-19-30(2)8-4-9-31(3,29(41)45-28-25(40)23(38)21(36)17(13-34)43-28)18(30)7-10-32(19,11-15)26(14)44-27-24(39)22(37)20(35)16(12-33)42-27/h15-28,33-40H,1,4-13H2,2-3H3. The van der Waals surface area contributed by atoms with E-state index in [0.29, 0.717) is 19.3 Å². The van der Waals surface area contributed by atoms with Crippen LogP contribution in [0.25, 0.3) is 0 Å². The lowest BCUT2D eigenvalue weighted by Crippen LogP contribution is -2.63. The molecule has 0 aromatic heterocycles. The Kier molecular flexibility index (Phi) is 9.00. The van der Waals surface area contributed by atoms with Crippen molar-refractivity contribution in [3.63, 3.8) is 0 Å². The van der Waals surface area contributed by atoms with Crippen LogP contribution in [-0.4, -0.2) is 128 Å². The molecule has 0 radical (unpaired) electrons. The van der Waals surface area contributed by atoms with Crippen LogP contribution >= 0.6 is 0 Å². The number of rotatable bonds is 6. The Hall–Kier alpha value is -1.23. The third-order valence-electron chi connectivity index (χ3n) is 12.8. The van der Waals surface area contributed by atoms with Gasteiger partial charge in [0.2, 0.25) is 6.29 Å². The lowest BCUT2D eigenvalue weighted by molar-refractivity contribution is -0.321. The summed E-state index contributed by atoms with van der Waals surface area (Å²) in [5, 5.41) is 81.7. The Labute approximate surface area is 262 Å². The van der Waals surface area contributed by atoms with Gasteiger partial charge < -0.3 is 59.8 Å². The molecule has 17 atom stereocenters. The van der Waals surface area contributed by atoms with Gasteiger partial charge in [-0.3, -0.25) is 4.79 Å². The van der Waals surface area contributed by atoms with Crippen LogP contribution in [0.2, 0.25) is 0 Å². The number of ether oxygens (including phenoxy) is 4. The zero-order chi connectivity index (χ0) is 32.6. The van der Waals surface area contributed by atoms with E-state index in [0.717, 1.165) is 37.7 Å². The monoisotopic (exact) mass is 642 g/mol. The van der Waals surface area contributed by atoms with E-state index in [2.05, 4.69) is 13.5 Å². The Morgan fingerprint density at radius 3 is 2.02 bits per heavy atom. The largest absolute Gasteiger partial charge is 0.432 e. The van der Waals surface area contributed by atoms with Crippen LogP contribution in [0, 0.1) is 34.0 Å². The summed E-state index contributed by atoms with van der Waals surface area (Å²) in [7, 11) is 0. The molecule has 0 aromatic rings. The number of fused-ring (bicyclic) bond motifs is 3. The van der Waals surface area contributed by atoms with Crippen molar-refractivity contribution in [2.24, 2.45) is 34.0 Å². The van der Waals surface area contributed by atoms with E-state index in [1.54, 1.807) is 0 Å². The third-order valence-corrected chi connectivity index (χ3v) is 12.8. The molecule has 0 amide bonds. The summed E-state index contributed by atoms with van der Waals surface area (Å²) < 4.78 is 23.5. The molecule has 45 heavy (non-hydrogen) atoms. The van der Waals surface area contributed by atoms with Crippen LogP contribution in [0.4, 0.5) is 0 Å². The molecule has 2 saturated heterocycles. The second kappa shape index (κ2) is 12.0. The lowest BCUT2D eigenvalue weighted by Gasteiger charge is -2.64. The third kappa shape index (κ3) is 5.04. The Morgan fingerprint density at radius 1 is 0.800 bits per heavy atom. The summed E-state index contributed by atoms with van der Waals surface area (Å²) in [6.07, 6.45) is -8.85. The molecule has 2 bridgehead atoms. The number of carbonyl (C=O) groups excluding carboxylic acids is 1. The van der Waals surface area contributed by atoms with E-state index in [9.17, 15) is 45.6 Å². The van der Waals surface area contributed by atoms with Gasteiger partial charge in [-0.05, 0) is 80.6 Å². The molecule has 256 valence electrons. The molecule has 13 heteroatoms. The topological polar surface area (TPSA) is 216 Å². The highest BCUT2D eigenvalue weighted by atomic mass is 16.7. The Balaban J connectivity index is 1.25. The maximum Gasteiger partial charge on any atom is 0.314 e. The first kappa shape index (κ1) is 33.7. The molecular formula is C32H50O13. The average Bonchev–Trinajstić information content (AvgIpc) is 3.20. The van der Waals surface area contributed by atoms with Crippen LogP contribution in [0.5, 0.6) is 0 Å². The van der Waals surface area contributed by atoms with Gasteiger partial charge in [-0.1, -0.05) is 19.9 Å². The second-order valence-corrected chi connectivity index (χ2v) is 15.0. The van der Waals surface area contributed by atoms with Crippen molar-refractivity contribution in [1.82, 2.24) is 0 Å². The molecule has 2 heterocycles. The van der Waals surface area contributed by atoms with Gasteiger partial charge in [0, 0.05) is 5.41 Å². The number of aliphatic hydroxyl groups is 8. The molecule has 6 rings (SSSR count).